The van der Waals surface area contributed by atoms with Crippen molar-refractivity contribution in [2.45, 2.75) is 23.6 Å². The van der Waals surface area contributed by atoms with Crippen LogP contribution < -0.4 is 0 Å². The molecule has 0 radical (unpaired) electrons. The maximum absolute atomic E-state index is 10.1. The number of alkyl halides is 2. The zero-order chi connectivity index (χ0) is 9.72. The fourth-order valence-corrected chi connectivity index (χ4v) is 1.03. The minimum Gasteiger partial charge on any atom is -0.481 e. The highest BCUT2D eigenvalue weighted by Crippen LogP contribution is 2.16. The highest BCUT2D eigenvalue weighted by atomic mass is 35.5. The number of hydrogen-bond acceptors (Lipinski definition) is 2. The van der Waals surface area contributed by atoms with Crippen LogP contribution in [0.15, 0.2) is 0 Å². The lowest BCUT2D eigenvalue weighted by Gasteiger charge is -2.10. The minimum absolute atomic E-state index is 0.330. The van der Waals surface area contributed by atoms with Gasteiger partial charge in [-0.1, -0.05) is 0 Å². The third-order valence-corrected chi connectivity index (χ3v) is 2.18. The summed E-state index contributed by atoms with van der Waals surface area (Å²) >= 11 is 11.0. The van der Waals surface area contributed by atoms with Gasteiger partial charge >= 0.3 is 11.9 Å². The molecule has 2 atom stereocenters. The first-order chi connectivity index (χ1) is 5.43. The summed E-state index contributed by atoms with van der Waals surface area (Å²) in [4.78, 5) is 20.2. The van der Waals surface area contributed by atoms with E-state index in [0.717, 1.165) is 0 Å². The van der Waals surface area contributed by atoms with Crippen molar-refractivity contribution >= 4 is 35.1 Å². The van der Waals surface area contributed by atoms with Crippen LogP contribution in [0, 0.1) is 0 Å². The van der Waals surface area contributed by atoms with Crippen molar-refractivity contribution in [1.82, 2.24) is 0 Å². The maximum atomic E-state index is 10.1. The summed E-state index contributed by atoms with van der Waals surface area (Å²) in [5.74, 6) is -2.18. The minimum atomic E-state index is -1.09. The quantitative estimate of drug-likeness (QED) is 0.674. The van der Waals surface area contributed by atoms with Gasteiger partial charge in [0.1, 0.15) is 0 Å². The molecule has 0 saturated carbocycles. The monoisotopic (exact) mass is 214 g/mol. The molecule has 0 bridgehead atoms. The molecule has 0 saturated heterocycles. The molecule has 0 rings (SSSR count). The first-order valence-corrected chi connectivity index (χ1v) is 4.02. The third kappa shape index (κ3) is 5.21. The number of aliphatic carboxylic acids is 2. The molecule has 0 aromatic carbocycles. The molecular weight excluding hydrogens is 207 g/mol. The van der Waals surface area contributed by atoms with E-state index < -0.39 is 22.7 Å². The molecule has 6 heteroatoms. The van der Waals surface area contributed by atoms with Gasteiger partial charge in [0.2, 0.25) is 0 Å². The van der Waals surface area contributed by atoms with Crippen molar-refractivity contribution in [2.75, 3.05) is 0 Å². The van der Waals surface area contributed by atoms with E-state index in [1.54, 1.807) is 0 Å². The molecule has 0 aliphatic carbocycles. The number of carboxylic acid groups (broad SMARTS) is 2. The number of rotatable bonds is 5. The first-order valence-electron chi connectivity index (χ1n) is 3.15. The predicted octanol–water partition coefficient (Wildman–Crippen LogP) is 1.15. The third-order valence-electron chi connectivity index (χ3n) is 1.13. The van der Waals surface area contributed by atoms with Gasteiger partial charge in [-0.15, -0.1) is 23.2 Å². The van der Waals surface area contributed by atoms with E-state index in [1.807, 2.05) is 0 Å². The van der Waals surface area contributed by atoms with Crippen LogP contribution in [0.2, 0.25) is 0 Å². The molecule has 0 amide bonds. The average Bonchev–Trinajstić information content (AvgIpc) is 1.84. The van der Waals surface area contributed by atoms with Crippen molar-refractivity contribution in [2.24, 2.45) is 0 Å². The van der Waals surface area contributed by atoms with Gasteiger partial charge < -0.3 is 10.2 Å². The molecule has 0 spiro atoms. The largest absolute Gasteiger partial charge is 0.481 e. The number of carboxylic acids is 2. The van der Waals surface area contributed by atoms with Gasteiger partial charge in [-0.05, 0) is 0 Å². The van der Waals surface area contributed by atoms with E-state index in [4.69, 9.17) is 33.4 Å². The number of carbonyl (C=O) groups is 2. The van der Waals surface area contributed by atoms with E-state index in [1.165, 1.54) is 0 Å². The van der Waals surface area contributed by atoms with E-state index in [-0.39, 0.29) is 12.8 Å². The Labute approximate surface area is 79.1 Å². The standard InChI is InChI=1S/C6H8Cl2O4/c7-3(1-5(9)10)4(8)2-6(11)12/h3-4H,1-2H2,(H,9,10)(H,11,12). The first kappa shape index (κ1) is 11.5. The molecule has 0 aliphatic heterocycles. The summed E-state index contributed by atoms with van der Waals surface area (Å²) in [7, 11) is 0. The highest BCUT2D eigenvalue weighted by molar-refractivity contribution is 6.31. The van der Waals surface area contributed by atoms with Crippen LogP contribution in [-0.4, -0.2) is 32.9 Å². The number of hydrogen-bond donors (Lipinski definition) is 2. The molecule has 0 heterocycles. The van der Waals surface area contributed by atoms with Gasteiger partial charge in [0.05, 0.1) is 23.6 Å². The van der Waals surface area contributed by atoms with Gasteiger partial charge in [-0.2, -0.15) is 0 Å². The van der Waals surface area contributed by atoms with Crippen LogP contribution in [0.4, 0.5) is 0 Å². The van der Waals surface area contributed by atoms with Gasteiger partial charge in [0, 0.05) is 0 Å². The van der Waals surface area contributed by atoms with E-state index in [9.17, 15) is 9.59 Å². The van der Waals surface area contributed by atoms with Crippen LogP contribution >= 0.6 is 23.2 Å². The molecule has 2 N–H and O–H groups in total. The Morgan fingerprint density at radius 2 is 1.25 bits per heavy atom. The highest BCUT2D eigenvalue weighted by Gasteiger charge is 2.21. The molecule has 4 nitrogen and oxygen atoms in total. The van der Waals surface area contributed by atoms with Gasteiger partial charge in [0.15, 0.2) is 0 Å². The zero-order valence-corrected chi connectivity index (χ0v) is 7.55. The summed E-state index contributed by atoms with van der Waals surface area (Å²) in [6.45, 7) is 0. The lowest BCUT2D eigenvalue weighted by Crippen LogP contribution is -2.21. The van der Waals surface area contributed by atoms with Crippen LogP contribution in [0.3, 0.4) is 0 Å². The van der Waals surface area contributed by atoms with Crippen molar-refractivity contribution in [1.29, 1.82) is 0 Å². The molecular formula is C6H8Cl2O4. The van der Waals surface area contributed by atoms with Crippen LogP contribution in [0.25, 0.3) is 0 Å². The second-order valence-corrected chi connectivity index (χ2v) is 3.35. The Kier molecular flexibility index (Phi) is 5.01. The molecule has 0 aromatic rings. The van der Waals surface area contributed by atoms with Gasteiger partial charge in [-0.25, -0.2) is 0 Å². The Balaban J connectivity index is 3.83. The van der Waals surface area contributed by atoms with Crippen molar-refractivity contribution in [3.63, 3.8) is 0 Å². The molecule has 0 aromatic heterocycles. The normalized spacial score (nSPS) is 15.2. The molecule has 70 valence electrons. The smallest absolute Gasteiger partial charge is 0.304 e. The second kappa shape index (κ2) is 5.22. The van der Waals surface area contributed by atoms with Gasteiger partial charge in [0.25, 0.3) is 0 Å². The van der Waals surface area contributed by atoms with Crippen LogP contribution in [0.5, 0.6) is 0 Å². The Hall–Kier alpha value is -0.480. The van der Waals surface area contributed by atoms with Crippen LogP contribution in [-0.2, 0) is 9.59 Å². The fourth-order valence-electron chi connectivity index (χ4n) is 0.589. The van der Waals surface area contributed by atoms with E-state index in [0.29, 0.717) is 0 Å². The zero-order valence-electron chi connectivity index (χ0n) is 6.04. The fraction of sp³-hybridized carbons (Fsp3) is 0.667. The summed E-state index contributed by atoms with van der Waals surface area (Å²) in [5.41, 5.74) is 0. The van der Waals surface area contributed by atoms with E-state index in [2.05, 4.69) is 0 Å². The van der Waals surface area contributed by atoms with Crippen LogP contribution in [0.1, 0.15) is 12.8 Å². The summed E-state index contributed by atoms with van der Waals surface area (Å²) < 4.78 is 0. The van der Waals surface area contributed by atoms with Crippen molar-refractivity contribution in [3.05, 3.63) is 0 Å². The van der Waals surface area contributed by atoms with Crippen molar-refractivity contribution < 1.29 is 19.8 Å². The lowest BCUT2D eigenvalue weighted by molar-refractivity contribution is -0.139. The molecule has 0 fully saturated rings. The molecule has 0 aliphatic rings. The molecule has 2 unspecified atom stereocenters. The Morgan fingerprint density at radius 3 is 1.42 bits per heavy atom. The Morgan fingerprint density at radius 1 is 1.00 bits per heavy atom. The molecule has 12 heavy (non-hydrogen) atoms. The summed E-state index contributed by atoms with van der Waals surface area (Å²) in [6.07, 6.45) is -0.661. The lowest BCUT2D eigenvalue weighted by atomic mass is 10.2. The van der Waals surface area contributed by atoms with Crippen molar-refractivity contribution in [3.8, 4) is 0 Å². The summed E-state index contributed by atoms with van der Waals surface area (Å²) in [6, 6.07) is 0. The number of halogens is 2. The maximum Gasteiger partial charge on any atom is 0.304 e. The topological polar surface area (TPSA) is 74.6 Å². The Bertz CT molecular complexity index is 162. The van der Waals surface area contributed by atoms with Gasteiger partial charge in [-0.3, -0.25) is 9.59 Å². The average molecular weight is 215 g/mol. The summed E-state index contributed by atoms with van der Waals surface area (Å²) in [5, 5.41) is 14.9. The van der Waals surface area contributed by atoms with E-state index >= 15 is 0 Å². The SMILES string of the molecule is O=C(O)CC(Cl)C(Cl)CC(=O)O. The second-order valence-electron chi connectivity index (χ2n) is 2.23. The predicted molar refractivity (Wildman–Crippen MR) is 43.8 cm³/mol.